The third kappa shape index (κ3) is 5.81. The molecule has 0 radical (unpaired) electrons. The third-order valence-corrected chi connectivity index (χ3v) is 6.57. The Morgan fingerprint density at radius 2 is 1.61 bits per heavy atom. The molecular weight excluding hydrogens is 406 g/mol. The number of carbonyl (C=O) groups is 2. The second-order valence-electron chi connectivity index (χ2n) is 7.83. The monoisotopic (exact) mass is 433 g/mol. The normalized spacial score (nSPS) is 15.9. The van der Waals surface area contributed by atoms with Gasteiger partial charge in [0.05, 0.1) is 12.6 Å². The lowest BCUT2D eigenvalue weighted by Gasteiger charge is -2.31. The van der Waals surface area contributed by atoms with Crippen LogP contribution in [0.1, 0.15) is 29.3 Å². The number of hydrogen-bond acceptors (Lipinski definition) is 4. The van der Waals surface area contributed by atoms with Crippen molar-refractivity contribution in [3.63, 3.8) is 0 Å². The first kappa shape index (κ1) is 21.3. The summed E-state index contributed by atoms with van der Waals surface area (Å²) in [6.45, 7) is 1.84. The standard InChI is InChI=1S/C25H27N3O2S/c29-23(27-24(22-12-7-17-31-22)19-8-3-1-4-9-19)18-28-15-13-20(14-16-28)25(30)26-21-10-5-2-6-11-21/h1-12,17,20,24H,13-16,18H2,(H,26,30)(H,27,29)/t24-/m0/s1. The molecule has 1 fully saturated rings. The smallest absolute Gasteiger partial charge is 0.234 e. The molecule has 4 rings (SSSR count). The summed E-state index contributed by atoms with van der Waals surface area (Å²) in [5.74, 6) is 0.0642. The Morgan fingerprint density at radius 1 is 0.935 bits per heavy atom. The van der Waals surface area contributed by atoms with Crippen molar-refractivity contribution in [1.82, 2.24) is 10.2 Å². The first-order valence-corrected chi connectivity index (χ1v) is 11.5. The van der Waals surface area contributed by atoms with Gasteiger partial charge in [-0.05, 0) is 55.1 Å². The highest BCUT2D eigenvalue weighted by Crippen LogP contribution is 2.26. The lowest BCUT2D eigenvalue weighted by Crippen LogP contribution is -2.44. The van der Waals surface area contributed by atoms with Gasteiger partial charge < -0.3 is 10.6 Å². The molecule has 3 aromatic rings. The van der Waals surface area contributed by atoms with Crippen LogP contribution in [0.4, 0.5) is 5.69 Å². The van der Waals surface area contributed by atoms with E-state index in [1.807, 2.05) is 72.1 Å². The molecule has 1 aromatic heterocycles. The molecule has 2 aromatic carbocycles. The van der Waals surface area contributed by atoms with Crippen LogP contribution in [0, 0.1) is 5.92 Å². The van der Waals surface area contributed by atoms with E-state index in [9.17, 15) is 9.59 Å². The van der Waals surface area contributed by atoms with E-state index >= 15 is 0 Å². The Kier molecular flexibility index (Phi) is 7.12. The summed E-state index contributed by atoms with van der Waals surface area (Å²) >= 11 is 1.65. The number of hydrogen-bond donors (Lipinski definition) is 2. The van der Waals surface area contributed by atoms with Gasteiger partial charge in [-0.15, -0.1) is 11.3 Å². The molecule has 1 aliphatic rings. The number of anilines is 1. The second kappa shape index (κ2) is 10.4. The van der Waals surface area contributed by atoms with Crippen molar-refractivity contribution >= 4 is 28.8 Å². The van der Waals surface area contributed by atoms with Gasteiger partial charge in [0.25, 0.3) is 0 Å². The zero-order chi connectivity index (χ0) is 21.5. The summed E-state index contributed by atoms with van der Waals surface area (Å²) in [4.78, 5) is 28.6. The molecule has 31 heavy (non-hydrogen) atoms. The molecule has 0 saturated carbocycles. The molecule has 6 heteroatoms. The fraction of sp³-hybridized carbons (Fsp3) is 0.280. The van der Waals surface area contributed by atoms with Crippen molar-refractivity contribution in [2.45, 2.75) is 18.9 Å². The molecule has 0 unspecified atom stereocenters. The quantitative estimate of drug-likeness (QED) is 0.584. The van der Waals surface area contributed by atoms with Crippen LogP contribution in [0.5, 0.6) is 0 Å². The van der Waals surface area contributed by atoms with E-state index in [1.165, 1.54) is 0 Å². The highest BCUT2D eigenvalue weighted by atomic mass is 32.1. The molecule has 0 spiro atoms. The average Bonchev–Trinajstić information content (AvgIpc) is 3.34. The molecule has 0 bridgehead atoms. The maximum absolute atomic E-state index is 12.8. The highest BCUT2D eigenvalue weighted by Gasteiger charge is 2.27. The number of likely N-dealkylation sites (tertiary alicyclic amines) is 1. The minimum Gasteiger partial charge on any atom is -0.343 e. The van der Waals surface area contributed by atoms with Crippen LogP contribution in [0.15, 0.2) is 78.2 Å². The zero-order valence-electron chi connectivity index (χ0n) is 17.4. The largest absolute Gasteiger partial charge is 0.343 e. The van der Waals surface area contributed by atoms with E-state index in [0.717, 1.165) is 42.1 Å². The Balaban J connectivity index is 1.29. The van der Waals surface area contributed by atoms with Crippen LogP contribution in [-0.4, -0.2) is 36.3 Å². The topological polar surface area (TPSA) is 61.4 Å². The molecule has 1 aliphatic heterocycles. The summed E-state index contributed by atoms with van der Waals surface area (Å²) < 4.78 is 0. The molecular formula is C25H27N3O2S. The Hall–Kier alpha value is -2.96. The Bertz CT molecular complexity index is 969. The van der Waals surface area contributed by atoms with E-state index in [0.29, 0.717) is 6.54 Å². The number of nitrogens with zero attached hydrogens (tertiary/aromatic N) is 1. The summed E-state index contributed by atoms with van der Waals surface area (Å²) in [5, 5.41) is 8.22. The van der Waals surface area contributed by atoms with Gasteiger partial charge >= 0.3 is 0 Å². The zero-order valence-corrected chi connectivity index (χ0v) is 18.2. The minimum absolute atomic E-state index is 0.00874. The van der Waals surface area contributed by atoms with Crippen molar-refractivity contribution in [3.05, 3.63) is 88.6 Å². The van der Waals surface area contributed by atoms with E-state index < -0.39 is 0 Å². The van der Waals surface area contributed by atoms with Crippen LogP contribution in [0.2, 0.25) is 0 Å². The molecule has 5 nitrogen and oxygen atoms in total. The van der Waals surface area contributed by atoms with Gasteiger partial charge in [-0.3, -0.25) is 14.5 Å². The molecule has 160 valence electrons. The summed E-state index contributed by atoms with van der Waals surface area (Å²) in [6.07, 6.45) is 1.53. The Labute approximate surface area is 187 Å². The third-order valence-electron chi connectivity index (χ3n) is 5.63. The summed E-state index contributed by atoms with van der Waals surface area (Å²) in [7, 11) is 0. The van der Waals surface area contributed by atoms with Crippen LogP contribution in [0.25, 0.3) is 0 Å². The molecule has 1 atom stereocenters. The number of carbonyl (C=O) groups excluding carboxylic acids is 2. The number of para-hydroxylation sites is 1. The molecule has 1 saturated heterocycles. The number of benzene rings is 2. The summed E-state index contributed by atoms with van der Waals surface area (Å²) in [5.41, 5.74) is 1.91. The van der Waals surface area contributed by atoms with Crippen LogP contribution >= 0.6 is 11.3 Å². The Morgan fingerprint density at radius 3 is 2.26 bits per heavy atom. The van der Waals surface area contributed by atoms with Crippen LogP contribution < -0.4 is 10.6 Å². The predicted octanol–water partition coefficient (Wildman–Crippen LogP) is 4.30. The van der Waals surface area contributed by atoms with Crippen molar-refractivity contribution < 1.29 is 9.59 Å². The van der Waals surface area contributed by atoms with Gasteiger partial charge in [-0.1, -0.05) is 54.6 Å². The van der Waals surface area contributed by atoms with Crippen LogP contribution in [-0.2, 0) is 9.59 Å². The SMILES string of the molecule is O=C(CN1CCC(C(=O)Nc2ccccc2)CC1)N[C@@H](c1ccccc1)c1cccs1. The molecule has 2 heterocycles. The van der Waals surface area contributed by atoms with Crippen molar-refractivity contribution in [2.24, 2.45) is 5.92 Å². The lowest BCUT2D eigenvalue weighted by atomic mass is 9.95. The van der Waals surface area contributed by atoms with E-state index in [4.69, 9.17) is 0 Å². The molecule has 2 amide bonds. The van der Waals surface area contributed by atoms with Gasteiger partial charge in [0.2, 0.25) is 11.8 Å². The first-order valence-electron chi connectivity index (χ1n) is 10.6. The number of piperidine rings is 1. The van der Waals surface area contributed by atoms with Crippen molar-refractivity contribution in [2.75, 3.05) is 25.0 Å². The predicted molar refractivity (Wildman–Crippen MR) is 125 cm³/mol. The number of rotatable bonds is 7. The lowest BCUT2D eigenvalue weighted by molar-refractivity contribution is -0.123. The maximum atomic E-state index is 12.8. The minimum atomic E-state index is -0.136. The number of amides is 2. The first-order chi connectivity index (χ1) is 15.2. The van der Waals surface area contributed by atoms with E-state index in [2.05, 4.69) is 21.6 Å². The second-order valence-corrected chi connectivity index (χ2v) is 8.81. The molecule has 0 aliphatic carbocycles. The van der Waals surface area contributed by atoms with Gasteiger partial charge in [-0.2, -0.15) is 0 Å². The summed E-state index contributed by atoms with van der Waals surface area (Å²) in [6, 6.07) is 23.5. The van der Waals surface area contributed by atoms with Crippen molar-refractivity contribution in [1.29, 1.82) is 0 Å². The fourth-order valence-electron chi connectivity index (χ4n) is 3.95. The van der Waals surface area contributed by atoms with E-state index in [1.54, 1.807) is 11.3 Å². The van der Waals surface area contributed by atoms with Crippen LogP contribution in [0.3, 0.4) is 0 Å². The van der Waals surface area contributed by atoms with Gasteiger partial charge in [0.15, 0.2) is 0 Å². The van der Waals surface area contributed by atoms with E-state index in [-0.39, 0.29) is 23.8 Å². The molecule has 2 N–H and O–H groups in total. The van der Waals surface area contributed by atoms with Gasteiger partial charge in [0, 0.05) is 16.5 Å². The number of thiophene rings is 1. The fourth-order valence-corrected chi connectivity index (χ4v) is 4.75. The van der Waals surface area contributed by atoms with Gasteiger partial charge in [-0.25, -0.2) is 0 Å². The number of nitrogens with one attached hydrogen (secondary N) is 2. The van der Waals surface area contributed by atoms with Crippen molar-refractivity contribution in [3.8, 4) is 0 Å². The highest BCUT2D eigenvalue weighted by molar-refractivity contribution is 7.10. The average molecular weight is 434 g/mol. The maximum Gasteiger partial charge on any atom is 0.234 e. The van der Waals surface area contributed by atoms with Gasteiger partial charge in [0.1, 0.15) is 0 Å².